The number of nitrogens with zero attached hydrogens (tertiary/aromatic N) is 4. The van der Waals surface area contributed by atoms with Crippen LogP contribution in [0.2, 0.25) is 10.0 Å². The van der Waals surface area contributed by atoms with E-state index < -0.39 is 27.2 Å². The van der Waals surface area contributed by atoms with Crippen LogP contribution < -0.4 is 16.3 Å². The molecule has 33 heavy (non-hydrogen) atoms. The first-order chi connectivity index (χ1) is 15.6. The predicted molar refractivity (Wildman–Crippen MR) is 124 cm³/mol. The Balaban J connectivity index is 2.17. The number of fused-ring (bicyclic) bond motifs is 1. The van der Waals surface area contributed by atoms with Crippen molar-refractivity contribution in [3.05, 3.63) is 97.9 Å². The zero-order chi connectivity index (χ0) is 23.9. The number of pyridine rings is 1. The van der Waals surface area contributed by atoms with Crippen molar-refractivity contribution in [3.63, 3.8) is 0 Å². The van der Waals surface area contributed by atoms with Crippen molar-refractivity contribution in [2.45, 2.75) is 11.8 Å². The van der Waals surface area contributed by atoms with Crippen LogP contribution >= 0.6 is 23.2 Å². The Morgan fingerprint density at radius 2 is 1.55 bits per heavy atom. The number of benzene rings is 2. The molecule has 12 heteroatoms. The van der Waals surface area contributed by atoms with E-state index in [2.05, 4.69) is 4.98 Å². The monoisotopic (exact) mass is 504 g/mol. The van der Waals surface area contributed by atoms with Crippen molar-refractivity contribution in [1.82, 2.24) is 13.6 Å². The van der Waals surface area contributed by atoms with Gasteiger partial charge in [-0.3, -0.25) is 14.6 Å². The van der Waals surface area contributed by atoms with Crippen LogP contribution in [0.3, 0.4) is 0 Å². The Bertz CT molecular complexity index is 1620. The quantitative estimate of drug-likeness (QED) is 0.422. The molecular weight excluding hydrogens is 491 g/mol. The fourth-order valence-electron chi connectivity index (χ4n) is 3.29. The van der Waals surface area contributed by atoms with E-state index in [0.29, 0.717) is 0 Å². The third-order valence-electron chi connectivity index (χ3n) is 4.72. The van der Waals surface area contributed by atoms with Gasteiger partial charge in [0.2, 0.25) is 5.91 Å². The van der Waals surface area contributed by atoms with Gasteiger partial charge >= 0.3 is 5.69 Å². The van der Waals surface area contributed by atoms with Crippen molar-refractivity contribution in [1.29, 1.82) is 0 Å². The average molecular weight is 505 g/mol. The van der Waals surface area contributed by atoms with Crippen molar-refractivity contribution >= 4 is 55.7 Å². The Hall–Kier alpha value is -3.47. The van der Waals surface area contributed by atoms with Crippen molar-refractivity contribution < 1.29 is 13.2 Å². The summed E-state index contributed by atoms with van der Waals surface area (Å²) >= 11 is 11.9. The Labute approximate surface area is 197 Å². The number of aromatic nitrogens is 3. The molecule has 1 amide bonds. The van der Waals surface area contributed by atoms with E-state index in [0.717, 1.165) is 9.69 Å². The second-order valence-corrected chi connectivity index (χ2v) is 9.48. The summed E-state index contributed by atoms with van der Waals surface area (Å²) < 4.78 is 27.6. The molecule has 2 aromatic heterocycles. The smallest absolute Gasteiger partial charge is 0.273 e. The zero-order valence-electron chi connectivity index (χ0n) is 16.8. The predicted octanol–water partition coefficient (Wildman–Crippen LogP) is 2.92. The normalized spacial score (nSPS) is 11.5. The first-order valence-electron chi connectivity index (χ1n) is 9.32. The van der Waals surface area contributed by atoms with Crippen molar-refractivity contribution in [3.8, 4) is 0 Å². The van der Waals surface area contributed by atoms with Gasteiger partial charge in [-0.05, 0) is 54.6 Å². The van der Waals surface area contributed by atoms with Crippen LogP contribution in [-0.4, -0.2) is 28.0 Å². The molecule has 0 saturated carbocycles. The number of amides is 1. The fourth-order valence-corrected chi connectivity index (χ4v) is 4.87. The first-order valence-corrected chi connectivity index (χ1v) is 11.5. The maximum Gasteiger partial charge on any atom is 0.365 e. The van der Waals surface area contributed by atoms with E-state index in [1.165, 1.54) is 73.9 Å². The second-order valence-electron chi connectivity index (χ2n) is 6.82. The van der Waals surface area contributed by atoms with Crippen LogP contribution in [0.1, 0.15) is 6.92 Å². The van der Waals surface area contributed by atoms with E-state index in [1.807, 2.05) is 0 Å². The number of hydrogen-bond donors (Lipinski definition) is 0. The number of rotatable bonds is 4. The summed E-state index contributed by atoms with van der Waals surface area (Å²) in [6.07, 6.45) is 2.79. The Kier molecular flexibility index (Phi) is 5.83. The summed E-state index contributed by atoms with van der Waals surface area (Å²) in [6, 6.07) is 11.8. The minimum Gasteiger partial charge on any atom is -0.273 e. The summed E-state index contributed by atoms with van der Waals surface area (Å²) in [4.78, 5) is 43.0. The maximum absolute atomic E-state index is 13.6. The van der Waals surface area contributed by atoms with Crippen LogP contribution in [0, 0.1) is 0 Å². The van der Waals surface area contributed by atoms with E-state index >= 15 is 0 Å². The molecule has 4 rings (SSSR count). The van der Waals surface area contributed by atoms with Crippen LogP contribution in [0.4, 0.5) is 5.69 Å². The SMILES string of the molecule is CC(=O)N(c1ccncc1)n1c(=O)n(S(=O)(=O)c2ccc(Cl)cc2)c(=O)c2ccc(Cl)cc21. The van der Waals surface area contributed by atoms with Gasteiger partial charge in [0.1, 0.15) is 0 Å². The summed E-state index contributed by atoms with van der Waals surface area (Å²) in [5.41, 5.74) is -2.20. The highest BCUT2D eigenvalue weighted by atomic mass is 35.5. The van der Waals surface area contributed by atoms with E-state index in [4.69, 9.17) is 23.2 Å². The van der Waals surface area contributed by atoms with Gasteiger partial charge in [0.05, 0.1) is 21.5 Å². The minimum absolute atomic E-state index is 0.0490. The summed E-state index contributed by atoms with van der Waals surface area (Å²) in [7, 11) is -4.65. The lowest BCUT2D eigenvalue weighted by Crippen LogP contribution is -2.51. The molecule has 2 aromatic carbocycles. The minimum atomic E-state index is -4.65. The Morgan fingerprint density at radius 3 is 2.15 bits per heavy atom. The zero-order valence-corrected chi connectivity index (χ0v) is 19.2. The molecule has 0 aliphatic rings. The fraction of sp³-hybridized carbons (Fsp3) is 0.0476. The standard InChI is InChI=1S/C21H14Cl2N4O5S/c1-13(28)25(16-8-10-24-11-9-16)26-19-12-15(23)4-7-18(19)20(29)27(21(26)30)33(31,32)17-5-2-14(22)3-6-17/h2-12H,1H3. The van der Waals surface area contributed by atoms with Crippen LogP contribution in [0.5, 0.6) is 0 Å². The molecule has 0 aliphatic heterocycles. The lowest BCUT2D eigenvalue weighted by molar-refractivity contribution is -0.117. The highest BCUT2D eigenvalue weighted by Crippen LogP contribution is 2.21. The highest BCUT2D eigenvalue weighted by Gasteiger charge is 2.28. The highest BCUT2D eigenvalue weighted by molar-refractivity contribution is 7.90. The molecule has 0 atom stereocenters. The summed E-state index contributed by atoms with van der Waals surface area (Å²) in [5.74, 6) is -0.626. The molecule has 0 N–H and O–H groups in total. The van der Waals surface area contributed by atoms with E-state index in [-0.39, 0.29) is 35.5 Å². The van der Waals surface area contributed by atoms with E-state index in [1.54, 1.807) is 0 Å². The number of halogens is 2. The largest absolute Gasteiger partial charge is 0.365 e. The number of anilines is 1. The van der Waals surface area contributed by atoms with Crippen molar-refractivity contribution in [2.75, 3.05) is 5.01 Å². The van der Waals surface area contributed by atoms with Gasteiger partial charge in [0.25, 0.3) is 15.6 Å². The molecule has 2 heterocycles. The van der Waals surface area contributed by atoms with Gasteiger partial charge in [-0.15, -0.1) is 3.97 Å². The molecule has 0 saturated heterocycles. The lowest BCUT2D eigenvalue weighted by Gasteiger charge is -2.25. The molecule has 4 aromatic rings. The van der Waals surface area contributed by atoms with E-state index in [9.17, 15) is 22.8 Å². The van der Waals surface area contributed by atoms with Crippen molar-refractivity contribution in [2.24, 2.45) is 0 Å². The maximum atomic E-state index is 13.6. The van der Waals surface area contributed by atoms with Gasteiger partial charge in [0, 0.05) is 29.4 Å². The molecule has 168 valence electrons. The number of carbonyl (C=O) groups is 1. The van der Waals surface area contributed by atoms with Crippen LogP contribution in [0.15, 0.2) is 81.5 Å². The molecule has 0 radical (unpaired) electrons. The van der Waals surface area contributed by atoms with Gasteiger partial charge in [-0.2, -0.15) is 4.68 Å². The molecular formula is C21H14Cl2N4O5S. The summed E-state index contributed by atoms with van der Waals surface area (Å²) in [5, 5.41) is 1.24. The van der Waals surface area contributed by atoms with Crippen LogP contribution in [-0.2, 0) is 14.8 Å². The summed E-state index contributed by atoms with van der Waals surface area (Å²) in [6.45, 7) is 1.19. The molecule has 0 aliphatic carbocycles. The molecule has 0 spiro atoms. The third-order valence-corrected chi connectivity index (χ3v) is 6.87. The van der Waals surface area contributed by atoms with Crippen LogP contribution in [0.25, 0.3) is 10.9 Å². The number of carbonyl (C=O) groups excluding carboxylic acids is 1. The van der Waals surface area contributed by atoms with Gasteiger partial charge in [-0.25, -0.2) is 18.2 Å². The average Bonchev–Trinajstić information content (AvgIpc) is 2.77. The van der Waals surface area contributed by atoms with Gasteiger partial charge < -0.3 is 0 Å². The number of hydrogen-bond acceptors (Lipinski definition) is 6. The first kappa shape index (κ1) is 22.7. The second kappa shape index (κ2) is 8.47. The Morgan fingerprint density at radius 1 is 0.939 bits per heavy atom. The molecule has 0 unspecified atom stereocenters. The topological polar surface area (TPSA) is 111 Å². The van der Waals surface area contributed by atoms with Gasteiger partial charge in [0.15, 0.2) is 0 Å². The lowest BCUT2D eigenvalue weighted by atomic mass is 10.2. The third kappa shape index (κ3) is 3.92. The molecule has 0 bridgehead atoms. The molecule has 9 nitrogen and oxygen atoms in total. The van der Waals surface area contributed by atoms with Gasteiger partial charge in [-0.1, -0.05) is 23.2 Å². The molecule has 0 fully saturated rings.